The maximum absolute atomic E-state index is 13.0. The zero-order valence-electron chi connectivity index (χ0n) is 16.3. The molecule has 9 nitrogen and oxygen atoms in total. The summed E-state index contributed by atoms with van der Waals surface area (Å²) in [6, 6.07) is 4.02. The average molecular weight is 479 g/mol. The number of rotatable bonds is 9. The van der Waals surface area contributed by atoms with E-state index in [0.29, 0.717) is 18.8 Å². The summed E-state index contributed by atoms with van der Waals surface area (Å²) in [5.74, 6) is -2.11. The molecule has 1 saturated heterocycles. The number of amides is 5. The van der Waals surface area contributed by atoms with E-state index in [-0.39, 0.29) is 35.2 Å². The highest BCUT2D eigenvalue weighted by atomic mass is 79.9. The molecule has 1 aromatic rings. The van der Waals surface area contributed by atoms with Gasteiger partial charge in [-0.3, -0.25) is 34.2 Å². The van der Waals surface area contributed by atoms with Gasteiger partial charge in [0.1, 0.15) is 6.04 Å². The summed E-state index contributed by atoms with van der Waals surface area (Å²) >= 11 is 3.09. The zero-order chi connectivity index (χ0) is 21.7. The number of hydrogen-bond donors (Lipinski definition) is 3. The number of fused-ring (bicyclic) bond motifs is 1. The van der Waals surface area contributed by atoms with Crippen LogP contribution < -0.4 is 16.0 Å². The zero-order valence-corrected chi connectivity index (χ0v) is 17.9. The summed E-state index contributed by atoms with van der Waals surface area (Å²) in [5.41, 5.74) is 1.07. The van der Waals surface area contributed by atoms with Crippen LogP contribution in [0.15, 0.2) is 18.2 Å². The van der Waals surface area contributed by atoms with Crippen LogP contribution in [-0.4, -0.2) is 58.9 Å². The van der Waals surface area contributed by atoms with Crippen LogP contribution in [0, 0.1) is 0 Å². The van der Waals surface area contributed by atoms with Crippen molar-refractivity contribution in [3.05, 3.63) is 29.3 Å². The molecule has 0 aliphatic carbocycles. The minimum absolute atomic E-state index is 0.0447. The number of anilines is 1. The van der Waals surface area contributed by atoms with E-state index in [1.54, 1.807) is 18.2 Å². The van der Waals surface area contributed by atoms with Crippen molar-refractivity contribution in [1.82, 2.24) is 15.5 Å². The van der Waals surface area contributed by atoms with Crippen molar-refractivity contribution in [3.8, 4) is 0 Å². The summed E-state index contributed by atoms with van der Waals surface area (Å²) in [6.45, 7) is 1.21. The Hall–Kier alpha value is -2.75. The molecule has 1 unspecified atom stereocenters. The molecule has 1 atom stereocenters. The summed E-state index contributed by atoms with van der Waals surface area (Å²) < 4.78 is 0. The van der Waals surface area contributed by atoms with Gasteiger partial charge in [-0.2, -0.15) is 0 Å². The van der Waals surface area contributed by atoms with Crippen LogP contribution in [-0.2, 0) is 14.4 Å². The molecule has 0 spiro atoms. The van der Waals surface area contributed by atoms with Gasteiger partial charge < -0.3 is 10.6 Å². The number of nitrogens with zero attached hydrogens (tertiary/aromatic N) is 1. The van der Waals surface area contributed by atoms with Crippen molar-refractivity contribution >= 4 is 51.2 Å². The van der Waals surface area contributed by atoms with Gasteiger partial charge in [-0.15, -0.1) is 0 Å². The second kappa shape index (κ2) is 9.84. The van der Waals surface area contributed by atoms with E-state index >= 15 is 0 Å². The number of halogens is 1. The summed E-state index contributed by atoms with van der Waals surface area (Å²) in [4.78, 5) is 61.4. The molecule has 0 bridgehead atoms. The van der Waals surface area contributed by atoms with Crippen LogP contribution in [0.5, 0.6) is 0 Å². The van der Waals surface area contributed by atoms with E-state index in [0.717, 1.165) is 24.2 Å². The molecule has 0 saturated carbocycles. The summed E-state index contributed by atoms with van der Waals surface area (Å²) in [7, 11) is 0. The number of nitrogens with one attached hydrogen (secondary N) is 3. The summed E-state index contributed by atoms with van der Waals surface area (Å²) in [6.07, 6.45) is 2.77. The fourth-order valence-corrected chi connectivity index (χ4v) is 3.79. The van der Waals surface area contributed by atoms with E-state index in [1.165, 1.54) is 0 Å². The van der Waals surface area contributed by atoms with Crippen LogP contribution in [0.1, 0.15) is 52.8 Å². The Balaban J connectivity index is 1.59. The Morgan fingerprint density at radius 1 is 1.10 bits per heavy atom. The molecule has 5 amide bonds. The molecule has 160 valence electrons. The van der Waals surface area contributed by atoms with Crippen LogP contribution >= 0.6 is 15.9 Å². The van der Waals surface area contributed by atoms with Crippen LogP contribution in [0.2, 0.25) is 0 Å². The first kappa shape index (κ1) is 21.9. The lowest BCUT2D eigenvalue weighted by Gasteiger charge is -2.27. The minimum atomic E-state index is -0.974. The highest BCUT2D eigenvalue weighted by Gasteiger charge is 2.45. The summed E-state index contributed by atoms with van der Waals surface area (Å²) in [5, 5.41) is 8.46. The predicted octanol–water partition coefficient (Wildman–Crippen LogP) is 1.18. The molecule has 2 heterocycles. The molecule has 2 aliphatic heterocycles. The molecule has 0 aromatic heterocycles. The Kier molecular flexibility index (Phi) is 7.20. The maximum atomic E-state index is 13.0. The van der Waals surface area contributed by atoms with Crippen molar-refractivity contribution in [1.29, 1.82) is 0 Å². The van der Waals surface area contributed by atoms with Crippen molar-refractivity contribution in [2.24, 2.45) is 0 Å². The number of hydrogen-bond acceptors (Lipinski definition) is 6. The number of piperidine rings is 1. The molecule has 30 heavy (non-hydrogen) atoms. The van der Waals surface area contributed by atoms with Crippen LogP contribution in [0.25, 0.3) is 0 Å². The van der Waals surface area contributed by atoms with E-state index < -0.39 is 29.7 Å². The normalized spacial score (nSPS) is 18.3. The lowest BCUT2D eigenvalue weighted by atomic mass is 10.0. The third-order valence-corrected chi connectivity index (χ3v) is 5.59. The monoisotopic (exact) mass is 478 g/mol. The molecular formula is C20H23BrN4O5. The van der Waals surface area contributed by atoms with Crippen molar-refractivity contribution in [2.45, 2.75) is 38.1 Å². The third kappa shape index (κ3) is 4.69. The Labute approximate surface area is 182 Å². The SMILES string of the molecule is O=C(CBr)NCCCCCNc1cccc2c1C(=O)N(C1CCC(=O)NC1=O)C2=O. The third-order valence-electron chi connectivity index (χ3n) is 5.08. The van der Waals surface area contributed by atoms with E-state index in [2.05, 4.69) is 31.9 Å². The fraction of sp³-hybridized carbons (Fsp3) is 0.450. The lowest BCUT2D eigenvalue weighted by molar-refractivity contribution is -0.136. The first-order chi connectivity index (χ1) is 14.4. The molecule has 2 aliphatic rings. The highest BCUT2D eigenvalue weighted by molar-refractivity contribution is 9.09. The quantitative estimate of drug-likeness (QED) is 0.278. The van der Waals surface area contributed by atoms with Crippen LogP contribution in [0.4, 0.5) is 5.69 Å². The minimum Gasteiger partial charge on any atom is -0.384 e. The smallest absolute Gasteiger partial charge is 0.264 e. The molecule has 1 aromatic carbocycles. The van der Waals surface area contributed by atoms with Gasteiger partial charge in [0, 0.05) is 25.2 Å². The number of unbranched alkanes of at least 4 members (excludes halogenated alkanes) is 2. The van der Waals surface area contributed by atoms with Crippen molar-refractivity contribution in [2.75, 3.05) is 23.7 Å². The highest BCUT2D eigenvalue weighted by Crippen LogP contribution is 2.32. The largest absolute Gasteiger partial charge is 0.384 e. The number of alkyl halides is 1. The first-order valence-electron chi connectivity index (χ1n) is 9.85. The Morgan fingerprint density at radius 3 is 2.60 bits per heavy atom. The van der Waals surface area contributed by atoms with E-state index in [9.17, 15) is 24.0 Å². The lowest BCUT2D eigenvalue weighted by Crippen LogP contribution is -2.54. The molecule has 1 fully saturated rings. The van der Waals surface area contributed by atoms with Gasteiger partial charge >= 0.3 is 0 Å². The van der Waals surface area contributed by atoms with Gasteiger partial charge in [-0.1, -0.05) is 22.0 Å². The second-order valence-corrected chi connectivity index (χ2v) is 7.71. The Bertz CT molecular complexity index is 888. The van der Waals surface area contributed by atoms with Crippen molar-refractivity contribution < 1.29 is 24.0 Å². The molecule has 0 radical (unpaired) electrons. The number of carbonyl (C=O) groups excluding carboxylic acids is 5. The van der Waals surface area contributed by atoms with E-state index in [4.69, 9.17) is 0 Å². The molecular weight excluding hydrogens is 456 g/mol. The van der Waals surface area contributed by atoms with Gasteiger partial charge in [0.05, 0.1) is 16.5 Å². The molecule has 3 rings (SSSR count). The molecule has 3 N–H and O–H groups in total. The average Bonchev–Trinajstić information content (AvgIpc) is 2.98. The Morgan fingerprint density at radius 2 is 1.87 bits per heavy atom. The number of carbonyl (C=O) groups is 5. The van der Waals surface area contributed by atoms with Gasteiger partial charge in [-0.25, -0.2) is 0 Å². The number of imide groups is 2. The van der Waals surface area contributed by atoms with Gasteiger partial charge in [0.15, 0.2) is 0 Å². The predicted molar refractivity (Wildman–Crippen MR) is 112 cm³/mol. The van der Waals surface area contributed by atoms with Crippen LogP contribution in [0.3, 0.4) is 0 Å². The van der Waals surface area contributed by atoms with E-state index in [1.807, 2.05) is 0 Å². The van der Waals surface area contributed by atoms with Gasteiger partial charge in [0.2, 0.25) is 17.7 Å². The second-order valence-electron chi connectivity index (χ2n) is 7.15. The van der Waals surface area contributed by atoms with Crippen molar-refractivity contribution in [3.63, 3.8) is 0 Å². The fourth-order valence-electron chi connectivity index (χ4n) is 3.59. The van der Waals surface area contributed by atoms with Gasteiger partial charge in [0.25, 0.3) is 11.8 Å². The van der Waals surface area contributed by atoms with Gasteiger partial charge in [-0.05, 0) is 37.8 Å². The standard InChI is InChI=1S/C20H23BrN4O5/c21-11-16(27)23-10-3-1-2-9-22-13-6-4-5-12-17(13)20(30)25(19(12)29)14-7-8-15(26)24-18(14)28/h4-6,14,22H,1-3,7-11H2,(H,23,27)(H,24,26,28). The molecule has 10 heteroatoms. The maximum Gasteiger partial charge on any atom is 0.264 e. The first-order valence-corrected chi connectivity index (χ1v) is 11.0. The number of benzene rings is 1. The topological polar surface area (TPSA) is 125 Å².